The highest BCUT2D eigenvalue weighted by Crippen LogP contribution is 2.38. The molecule has 2 atom stereocenters. The molecule has 0 radical (unpaired) electrons. The molecular formula is C17H21FN2O3. The van der Waals surface area contributed by atoms with Crippen LogP contribution in [0.1, 0.15) is 38.2 Å². The quantitative estimate of drug-likeness (QED) is 0.871. The van der Waals surface area contributed by atoms with Gasteiger partial charge in [-0.3, -0.25) is 9.69 Å². The van der Waals surface area contributed by atoms with Crippen molar-refractivity contribution in [3.05, 3.63) is 29.6 Å². The minimum atomic E-state index is -0.777. The Kier molecular flexibility index (Phi) is 4.00. The number of halogens is 1. The first-order chi connectivity index (χ1) is 11.0. The molecule has 1 aromatic carbocycles. The van der Waals surface area contributed by atoms with E-state index in [1.54, 1.807) is 6.07 Å². The number of imide groups is 1. The van der Waals surface area contributed by atoms with Crippen molar-refractivity contribution >= 4 is 11.9 Å². The molecule has 1 N–H and O–H groups in total. The molecule has 1 saturated heterocycles. The summed E-state index contributed by atoms with van der Waals surface area (Å²) in [5, 5.41) is 2.90. The van der Waals surface area contributed by atoms with Gasteiger partial charge in [0.15, 0.2) is 11.6 Å². The van der Waals surface area contributed by atoms with Crippen LogP contribution < -0.4 is 10.1 Å². The Morgan fingerprint density at radius 2 is 2.17 bits per heavy atom. The molecule has 1 aliphatic heterocycles. The molecule has 3 rings (SSSR count). The molecular weight excluding hydrogens is 299 g/mol. The molecule has 1 aromatic rings. The van der Waals surface area contributed by atoms with Gasteiger partial charge < -0.3 is 10.1 Å². The Balaban J connectivity index is 1.82. The lowest BCUT2D eigenvalue weighted by Crippen LogP contribution is -2.53. The number of hydrogen-bond acceptors (Lipinski definition) is 3. The van der Waals surface area contributed by atoms with Gasteiger partial charge in [0.25, 0.3) is 5.91 Å². The molecule has 1 heterocycles. The van der Waals surface area contributed by atoms with Crippen LogP contribution in [-0.4, -0.2) is 29.5 Å². The predicted octanol–water partition coefficient (Wildman–Crippen LogP) is 2.84. The Morgan fingerprint density at radius 1 is 1.39 bits per heavy atom. The van der Waals surface area contributed by atoms with Gasteiger partial charge in [-0.05, 0) is 36.5 Å². The number of nitrogens with zero attached hydrogens (tertiary/aromatic N) is 1. The number of hydrogen-bond donors (Lipinski definition) is 1. The number of ether oxygens (including phenoxy) is 1. The summed E-state index contributed by atoms with van der Waals surface area (Å²) in [6.45, 7) is 2.08. The van der Waals surface area contributed by atoms with Crippen LogP contribution in [0.4, 0.5) is 9.18 Å². The van der Waals surface area contributed by atoms with Gasteiger partial charge in [0.2, 0.25) is 0 Å². The Hall–Kier alpha value is -2.11. The van der Waals surface area contributed by atoms with E-state index in [-0.39, 0.29) is 30.2 Å². The molecule has 23 heavy (non-hydrogen) atoms. The number of urea groups is 1. The summed E-state index contributed by atoms with van der Waals surface area (Å²) in [6.07, 6.45) is 3.61. The standard InChI is InChI=1S/C17H21FN2O3/c1-11-5-3-4-8-17(11)15(21)20(16(22)19-17)10-12-6-7-14(23-2)13(18)9-12/h6-7,9,11H,3-5,8,10H2,1-2H3,(H,19,22)/t11?,17-/m1/s1. The number of nitrogens with one attached hydrogen (secondary N) is 1. The lowest BCUT2D eigenvalue weighted by molar-refractivity contribution is -0.134. The van der Waals surface area contributed by atoms with Crippen LogP contribution in [-0.2, 0) is 11.3 Å². The molecule has 0 bridgehead atoms. The molecule has 6 heteroatoms. The smallest absolute Gasteiger partial charge is 0.325 e. The normalized spacial score (nSPS) is 27.4. The van der Waals surface area contributed by atoms with Crippen molar-refractivity contribution < 1.29 is 18.7 Å². The van der Waals surface area contributed by atoms with Crippen LogP contribution in [0.15, 0.2) is 18.2 Å². The van der Waals surface area contributed by atoms with E-state index in [0.717, 1.165) is 19.3 Å². The fourth-order valence-electron chi connectivity index (χ4n) is 3.63. The third kappa shape index (κ3) is 2.56. The number of rotatable bonds is 3. The van der Waals surface area contributed by atoms with E-state index >= 15 is 0 Å². The van der Waals surface area contributed by atoms with Crippen LogP contribution >= 0.6 is 0 Å². The van der Waals surface area contributed by atoms with Crippen LogP contribution in [0.5, 0.6) is 5.75 Å². The van der Waals surface area contributed by atoms with E-state index in [9.17, 15) is 14.0 Å². The van der Waals surface area contributed by atoms with Gasteiger partial charge in [0.1, 0.15) is 5.54 Å². The summed E-state index contributed by atoms with van der Waals surface area (Å²) >= 11 is 0. The average Bonchev–Trinajstić information content (AvgIpc) is 2.76. The molecule has 3 amide bonds. The van der Waals surface area contributed by atoms with E-state index in [2.05, 4.69) is 5.32 Å². The van der Waals surface area contributed by atoms with Gasteiger partial charge in [-0.25, -0.2) is 9.18 Å². The van der Waals surface area contributed by atoms with Crippen molar-refractivity contribution in [1.29, 1.82) is 0 Å². The van der Waals surface area contributed by atoms with Crippen molar-refractivity contribution in [2.75, 3.05) is 7.11 Å². The summed E-state index contributed by atoms with van der Waals surface area (Å²) in [6, 6.07) is 4.08. The van der Waals surface area contributed by atoms with Crippen LogP contribution in [0.25, 0.3) is 0 Å². The second-order valence-corrected chi connectivity index (χ2v) is 6.41. The van der Waals surface area contributed by atoms with E-state index in [4.69, 9.17) is 4.74 Å². The molecule has 1 aliphatic carbocycles. The zero-order valence-corrected chi connectivity index (χ0v) is 13.4. The molecule has 1 saturated carbocycles. The molecule has 2 aliphatic rings. The Labute approximate surface area is 134 Å². The lowest BCUT2D eigenvalue weighted by Gasteiger charge is -2.36. The molecule has 0 aromatic heterocycles. The van der Waals surface area contributed by atoms with E-state index < -0.39 is 11.4 Å². The molecule has 1 unspecified atom stereocenters. The van der Waals surface area contributed by atoms with Gasteiger partial charge in [0.05, 0.1) is 13.7 Å². The summed E-state index contributed by atoms with van der Waals surface area (Å²) in [5.74, 6) is -0.433. The number of carbonyl (C=O) groups excluding carboxylic acids is 2. The highest BCUT2D eigenvalue weighted by Gasteiger charge is 2.54. The summed E-state index contributed by atoms with van der Waals surface area (Å²) in [4.78, 5) is 26.3. The van der Waals surface area contributed by atoms with Crippen molar-refractivity contribution in [2.45, 2.75) is 44.7 Å². The minimum absolute atomic E-state index is 0.0695. The van der Waals surface area contributed by atoms with Crippen LogP contribution in [0, 0.1) is 11.7 Å². The second-order valence-electron chi connectivity index (χ2n) is 6.41. The topological polar surface area (TPSA) is 58.6 Å². The molecule has 5 nitrogen and oxygen atoms in total. The Bertz CT molecular complexity index is 649. The maximum absolute atomic E-state index is 13.8. The monoisotopic (exact) mass is 320 g/mol. The van der Waals surface area contributed by atoms with Crippen molar-refractivity contribution in [1.82, 2.24) is 10.2 Å². The Morgan fingerprint density at radius 3 is 2.83 bits per heavy atom. The molecule has 1 spiro atoms. The number of amides is 3. The first kappa shape index (κ1) is 15.8. The number of methoxy groups -OCH3 is 1. The van der Waals surface area contributed by atoms with Crippen LogP contribution in [0.3, 0.4) is 0 Å². The van der Waals surface area contributed by atoms with Gasteiger partial charge in [-0.2, -0.15) is 0 Å². The highest BCUT2D eigenvalue weighted by atomic mass is 19.1. The molecule has 124 valence electrons. The largest absolute Gasteiger partial charge is 0.494 e. The SMILES string of the molecule is COc1ccc(CN2C(=O)N[C@@]3(CCCCC3C)C2=O)cc1F. The predicted molar refractivity (Wildman–Crippen MR) is 82.4 cm³/mol. The third-order valence-corrected chi connectivity index (χ3v) is 5.06. The first-order valence-corrected chi connectivity index (χ1v) is 7.94. The molecule has 2 fully saturated rings. The number of carbonyl (C=O) groups is 2. The highest BCUT2D eigenvalue weighted by molar-refractivity contribution is 6.07. The van der Waals surface area contributed by atoms with Crippen molar-refractivity contribution in [3.8, 4) is 5.75 Å². The summed E-state index contributed by atoms with van der Waals surface area (Å²) in [5.41, 5.74) is -0.215. The zero-order valence-electron chi connectivity index (χ0n) is 13.4. The fourth-order valence-corrected chi connectivity index (χ4v) is 3.63. The maximum Gasteiger partial charge on any atom is 0.325 e. The van der Waals surface area contributed by atoms with Gasteiger partial charge in [0, 0.05) is 0 Å². The van der Waals surface area contributed by atoms with E-state index in [1.807, 2.05) is 6.92 Å². The zero-order chi connectivity index (χ0) is 16.6. The fraction of sp³-hybridized carbons (Fsp3) is 0.529. The van der Waals surface area contributed by atoms with Crippen LogP contribution in [0.2, 0.25) is 0 Å². The van der Waals surface area contributed by atoms with Crippen molar-refractivity contribution in [3.63, 3.8) is 0 Å². The van der Waals surface area contributed by atoms with Gasteiger partial charge >= 0.3 is 6.03 Å². The average molecular weight is 320 g/mol. The second kappa shape index (κ2) is 5.83. The summed E-state index contributed by atoms with van der Waals surface area (Å²) in [7, 11) is 1.39. The van der Waals surface area contributed by atoms with E-state index in [0.29, 0.717) is 12.0 Å². The minimum Gasteiger partial charge on any atom is -0.494 e. The maximum atomic E-state index is 13.8. The van der Waals surface area contributed by atoms with Gasteiger partial charge in [-0.1, -0.05) is 25.8 Å². The first-order valence-electron chi connectivity index (χ1n) is 7.94. The number of benzene rings is 1. The lowest BCUT2D eigenvalue weighted by atomic mass is 9.73. The van der Waals surface area contributed by atoms with Crippen molar-refractivity contribution in [2.24, 2.45) is 5.92 Å². The van der Waals surface area contributed by atoms with Gasteiger partial charge in [-0.15, -0.1) is 0 Å². The van der Waals surface area contributed by atoms with E-state index in [1.165, 1.54) is 24.1 Å². The third-order valence-electron chi connectivity index (χ3n) is 5.06. The summed E-state index contributed by atoms with van der Waals surface area (Å²) < 4.78 is 18.7.